The maximum Gasteiger partial charge on any atom is 0.224 e. The standard InChI is InChI=1S/C17H26N4O/c22-17(5-7-20-12-18-11-19-20)21-6-1-2-16(21)10-15-9-13-3-4-14(15)8-13/h11-16H,1-10H2/t13-,14-,15+,16+/m0/s1. The summed E-state index contributed by atoms with van der Waals surface area (Å²) in [6, 6.07) is 0.507. The maximum atomic E-state index is 12.5. The van der Waals surface area contributed by atoms with Gasteiger partial charge in [0.1, 0.15) is 12.7 Å². The molecular formula is C17H26N4O. The molecule has 1 aromatic heterocycles. The van der Waals surface area contributed by atoms with Crippen molar-refractivity contribution in [1.82, 2.24) is 19.7 Å². The Balaban J connectivity index is 1.31. The van der Waals surface area contributed by atoms with E-state index in [4.69, 9.17) is 0 Å². The van der Waals surface area contributed by atoms with Crippen LogP contribution < -0.4 is 0 Å². The van der Waals surface area contributed by atoms with Gasteiger partial charge in [-0.25, -0.2) is 4.98 Å². The zero-order valence-electron chi connectivity index (χ0n) is 13.2. The van der Waals surface area contributed by atoms with Crippen LogP contribution in [0.15, 0.2) is 12.7 Å². The van der Waals surface area contributed by atoms with Crippen molar-refractivity contribution in [1.29, 1.82) is 0 Å². The first-order valence-electron chi connectivity index (χ1n) is 8.91. The molecule has 0 radical (unpaired) electrons. The molecule has 4 rings (SSSR count). The normalized spacial score (nSPS) is 33.7. The maximum absolute atomic E-state index is 12.5. The lowest BCUT2D eigenvalue weighted by Gasteiger charge is -2.30. The van der Waals surface area contributed by atoms with Gasteiger partial charge in [-0.15, -0.1) is 0 Å². The largest absolute Gasteiger partial charge is 0.340 e. The number of aromatic nitrogens is 3. The van der Waals surface area contributed by atoms with Crippen LogP contribution in [0.2, 0.25) is 0 Å². The van der Waals surface area contributed by atoms with Gasteiger partial charge < -0.3 is 4.90 Å². The number of carbonyl (C=O) groups is 1. The van der Waals surface area contributed by atoms with Gasteiger partial charge in [-0.2, -0.15) is 5.10 Å². The first-order chi connectivity index (χ1) is 10.8. The van der Waals surface area contributed by atoms with Crippen LogP contribution in [0.3, 0.4) is 0 Å². The number of aryl methyl sites for hydroxylation is 1. The molecule has 1 amide bonds. The zero-order valence-corrected chi connectivity index (χ0v) is 13.2. The van der Waals surface area contributed by atoms with E-state index in [9.17, 15) is 4.79 Å². The van der Waals surface area contributed by atoms with Gasteiger partial charge in [-0.3, -0.25) is 9.48 Å². The quantitative estimate of drug-likeness (QED) is 0.839. The summed E-state index contributed by atoms with van der Waals surface area (Å²) in [5.74, 6) is 3.18. The lowest BCUT2D eigenvalue weighted by Crippen LogP contribution is -2.37. The first kappa shape index (κ1) is 14.2. The Bertz CT molecular complexity index is 515. The second-order valence-corrected chi connectivity index (χ2v) is 7.46. The molecule has 1 aromatic rings. The van der Waals surface area contributed by atoms with Gasteiger partial charge in [-0.05, 0) is 56.3 Å². The van der Waals surface area contributed by atoms with Crippen LogP contribution in [-0.2, 0) is 11.3 Å². The van der Waals surface area contributed by atoms with E-state index < -0.39 is 0 Å². The van der Waals surface area contributed by atoms with Crippen molar-refractivity contribution in [2.75, 3.05) is 6.54 Å². The van der Waals surface area contributed by atoms with E-state index in [-0.39, 0.29) is 0 Å². The van der Waals surface area contributed by atoms with Gasteiger partial charge in [0.25, 0.3) is 0 Å². The third-order valence-electron chi connectivity index (χ3n) is 6.18. The van der Waals surface area contributed by atoms with Crippen molar-refractivity contribution in [2.45, 2.75) is 64.0 Å². The molecule has 5 nitrogen and oxygen atoms in total. The van der Waals surface area contributed by atoms with Crippen molar-refractivity contribution in [3.8, 4) is 0 Å². The fraction of sp³-hybridized carbons (Fsp3) is 0.824. The molecule has 22 heavy (non-hydrogen) atoms. The Morgan fingerprint density at radius 3 is 2.91 bits per heavy atom. The number of rotatable bonds is 5. The average Bonchev–Trinajstić information content (AvgIpc) is 3.29. The van der Waals surface area contributed by atoms with Crippen LogP contribution >= 0.6 is 0 Å². The zero-order chi connectivity index (χ0) is 14.9. The summed E-state index contributed by atoms with van der Waals surface area (Å²) >= 11 is 0. The highest BCUT2D eigenvalue weighted by molar-refractivity contribution is 5.76. The lowest BCUT2D eigenvalue weighted by molar-refractivity contribution is -0.132. The summed E-state index contributed by atoms with van der Waals surface area (Å²) in [7, 11) is 0. The van der Waals surface area contributed by atoms with Crippen molar-refractivity contribution in [3.63, 3.8) is 0 Å². The third-order valence-corrected chi connectivity index (χ3v) is 6.18. The van der Waals surface area contributed by atoms with E-state index in [1.165, 1.54) is 51.3 Å². The third kappa shape index (κ3) is 2.77. The minimum Gasteiger partial charge on any atom is -0.340 e. The van der Waals surface area contributed by atoms with Gasteiger partial charge >= 0.3 is 0 Å². The van der Waals surface area contributed by atoms with E-state index in [0.717, 1.165) is 24.3 Å². The van der Waals surface area contributed by atoms with Crippen molar-refractivity contribution in [2.24, 2.45) is 17.8 Å². The molecule has 3 aliphatic rings. The Morgan fingerprint density at radius 1 is 1.23 bits per heavy atom. The predicted molar refractivity (Wildman–Crippen MR) is 82.9 cm³/mol. The SMILES string of the molecule is O=C(CCn1cncn1)N1CCC[C@@H]1C[C@H]1C[C@H]2CC[C@H]1C2. The highest BCUT2D eigenvalue weighted by Gasteiger charge is 2.41. The Labute approximate surface area is 132 Å². The summed E-state index contributed by atoms with van der Waals surface area (Å²) < 4.78 is 1.75. The molecule has 2 bridgehead atoms. The molecule has 0 unspecified atom stereocenters. The molecule has 0 spiro atoms. The monoisotopic (exact) mass is 302 g/mol. The van der Waals surface area contributed by atoms with Crippen molar-refractivity contribution < 1.29 is 4.79 Å². The second kappa shape index (κ2) is 6.01. The first-order valence-corrected chi connectivity index (χ1v) is 8.91. The Hall–Kier alpha value is -1.39. The number of hydrogen-bond acceptors (Lipinski definition) is 3. The molecule has 2 saturated carbocycles. The minimum atomic E-state index is 0.307. The van der Waals surface area contributed by atoms with Gasteiger partial charge in [-0.1, -0.05) is 6.42 Å². The Morgan fingerprint density at radius 2 is 2.18 bits per heavy atom. The molecule has 1 aliphatic heterocycles. The molecule has 2 aliphatic carbocycles. The molecule has 0 aromatic carbocycles. The number of likely N-dealkylation sites (tertiary alicyclic amines) is 1. The molecular weight excluding hydrogens is 276 g/mol. The van der Waals surface area contributed by atoms with Crippen LogP contribution in [0, 0.1) is 17.8 Å². The fourth-order valence-electron chi connectivity index (χ4n) is 5.13. The van der Waals surface area contributed by atoms with E-state index in [0.29, 0.717) is 24.9 Å². The number of nitrogens with zero attached hydrogens (tertiary/aromatic N) is 4. The molecule has 0 N–H and O–H groups in total. The molecule has 2 heterocycles. The topological polar surface area (TPSA) is 51.0 Å². The summed E-state index contributed by atoms with van der Waals surface area (Å²) in [6.07, 6.45) is 13.2. The van der Waals surface area contributed by atoms with E-state index in [2.05, 4.69) is 15.0 Å². The van der Waals surface area contributed by atoms with Crippen LogP contribution in [0.5, 0.6) is 0 Å². The highest BCUT2D eigenvalue weighted by Crippen LogP contribution is 2.50. The summed E-state index contributed by atoms with van der Waals surface area (Å²) in [4.78, 5) is 18.6. The lowest BCUT2D eigenvalue weighted by atomic mass is 9.83. The van der Waals surface area contributed by atoms with Gasteiger partial charge in [0.05, 0.1) is 6.54 Å². The van der Waals surface area contributed by atoms with Gasteiger partial charge in [0.2, 0.25) is 5.91 Å². The number of amides is 1. The van der Waals surface area contributed by atoms with Crippen molar-refractivity contribution >= 4 is 5.91 Å². The van der Waals surface area contributed by atoms with E-state index in [1.807, 2.05) is 0 Å². The van der Waals surface area contributed by atoms with Crippen LogP contribution in [-0.4, -0.2) is 38.2 Å². The molecule has 120 valence electrons. The van der Waals surface area contributed by atoms with E-state index >= 15 is 0 Å². The summed E-state index contributed by atoms with van der Waals surface area (Å²) in [5, 5.41) is 4.08. The molecule has 3 fully saturated rings. The molecule has 5 heteroatoms. The van der Waals surface area contributed by atoms with Crippen molar-refractivity contribution in [3.05, 3.63) is 12.7 Å². The smallest absolute Gasteiger partial charge is 0.224 e. The van der Waals surface area contributed by atoms with Crippen LogP contribution in [0.25, 0.3) is 0 Å². The van der Waals surface area contributed by atoms with Crippen LogP contribution in [0.1, 0.15) is 51.4 Å². The summed E-state index contributed by atoms with van der Waals surface area (Å²) in [6.45, 7) is 1.61. The van der Waals surface area contributed by atoms with Gasteiger partial charge in [0, 0.05) is 19.0 Å². The number of fused-ring (bicyclic) bond motifs is 2. The minimum absolute atomic E-state index is 0.307. The number of hydrogen-bond donors (Lipinski definition) is 0. The molecule has 4 atom stereocenters. The molecule has 1 saturated heterocycles. The summed E-state index contributed by atoms with van der Waals surface area (Å²) in [5.41, 5.74) is 0. The van der Waals surface area contributed by atoms with E-state index in [1.54, 1.807) is 11.0 Å². The van der Waals surface area contributed by atoms with Gasteiger partial charge in [0.15, 0.2) is 0 Å². The van der Waals surface area contributed by atoms with Crippen LogP contribution in [0.4, 0.5) is 0 Å². The average molecular weight is 302 g/mol. The second-order valence-electron chi connectivity index (χ2n) is 7.46. The highest BCUT2D eigenvalue weighted by atomic mass is 16.2. The Kier molecular flexibility index (Phi) is 3.89. The predicted octanol–water partition coefficient (Wildman–Crippen LogP) is 2.49. The fourth-order valence-corrected chi connectivity index (χ4v) is 5.13. The number of carbonyl (C=O) groups excluding carboxylic acids is 1.